The number of hydrogen-bond acceptors (Lipinski definition) is 1. The number of hydrogen-bond donors (Lipinski definition) is 1. The summed E-state index contributed by atoms with van der Waals surface area (Å²) in [6.45, 7) is 0. The first-order chi connectivity index (χ1) is 9.27. The van der Waals surface area contributed by atoms with Crippen LogP contribution in [0.2, 0.25) is 0 Å². The Kier molecular flexibility index (Phi) is 3.48. The molecule has 2 nitrogen and oxygen atoms in total. The molecule has 0 aliphatic heterocycles. The van der Waals surface area contributed by atoms with E-state index < -0.39 is 23.5 Å². The van der Waals surface area contributed by atoms with Crippen molar-refractivity contribution >= 4 is 5.97 Å². The predicted molar refractivity (Wildman–Crippen MR) is 63.8 cm³/mol. The Labute approximate surface area is 111 Å². The molecule has 0 aliphatic rings. The summed E-state index contributed by atoms with van der Waals surface area (Å²) in [4.78, 5) is 10.8. The predicted octanol–water partition coefficient (Wildman–Crippen LogP) is 4.21. The first-order valence-corrected chi connectivity index (χ1v) is 5.49. The molecule has 0 aromatic heterocycles. The van der Waals surface area contributed by atoms with Gasteiger partial charge >= 0.3 is 12.1 Å². The fourth-order valence-electron chi connectivity index (χ4n) is 1.75. The van der Waals surface area contributed by atoms with Crippen molar-refractivity contribution < 1.29 is 27.5 Å². The number of halogens is 4. The number of alkyl halides is 3. The van der Waals surface area contributed by atoms with Crippen molar-refractivity contribution in [2.24, 2.45) is 0 Å². The van der Waals surface area contributed by atoms with E-state index in [-0.39, 0.29) is 16.7 Å². The highest BCUT2D eigenvalue weighted by Gasteiger charge is 2.30. The van der Waals surface area contributed by atoms with Gasteiger partial charge in [-0.3, -0.25) is 0 Å². The highest BCUT2D eigenvalue weighted by Crippen LogP contribution is 2.32. The first-order valence-electron chi connectivity index (χ1n) is 5.49. The van der Waals surface area contributed by atoms with Crippen LogP contribution in [0.5, 0.6) is 0 Å². The van der Waals surface area contributed by atoms with Crippen molar-refractivity contribution in [1.82, 2.24) is 0 Å². The molecule has 2 aromatic rings. The van der Waals surface area contributed by atoms with E-state index in [1.807, 2.05) is 0 Å². The molecule has 0 fully saturated rings. The van der Waals surface area contributed by atoms with Crippen LogP contribution in [0.4, 0.5) is 17.6 Å². The zero-order chi connectivity index (χ0) is 14.9. The molecular weight excluding hydrogens is 276 g/mol. The second-order valence-electron chi connectivity index (χ2n) is 4.11. The van der Waals surface area contributed by atoms with Crippen LogP contribution in [0.3, 0.4) is 0 Å². The van der Waals surface area contributed by atoms with E-state index in [0.29, 0.717) is 0 Å². The largest absolute Gasteiger partial charge is 0.478 e. The van der Waals surface area contributed by atoms with Gasteiger partial charge in [-0.15, -0.1) is 0 Å². The lowest BCUT2D eigenvalue weighted by molar-refractivity contribution is -0.137. The van der Waals surface area contributed by atoms with Crippen molar-refractivity contribution in [3.8, 4) is 11.1 Å². The number of benzene rings is 2. The Balaban J connectivity index is 2.54. The van der Waals surface area contributed by atoms with E-state index in [1.165, 1.54) is 12.1 Å². The van der Waals surface area contributed by atoms with Gasteiger partial charge in [0.1, 0.15) is 5.82 Å². The average Bonchev–Trinajstić information content (AvgIpc) is 2.37. The van der Waals surface area contributed by atoms with Gasteiger partial charge in [0.2, 0.25) is 0 Å². The lowest BCUT2D eigenvalue weighted by Gasteiger charge is -2.09. The van der Waals surface area contributed by atoms with Crippen molar-refractivity contribution in [2.45, 2.75) is 6.18 Å². The standard InChI is InChI=1S/C14H8F4O2/c15-12-6-9(4-10(7-12)13(19)20)8-2-1-3-11(5-8)14(16,17)18/h1-7H,(H,19,20). The van der Waals surface area contributed by atoms with E-state index in [9.17, 15) is 22.4 Å². The van der Waals surface area contributed by atoms with Crippen LogP contribution in [-0.2, 0) is 6.18 Å². The zero-order valence-corrected chi connectivity index (χ0v) is 9.91. The van der Waals surface area contributed by atoms with Gasteiger partial charge in [0.05, 0.1) is 11.1 Å². The maximum Gasteiger partial charge on any atom is 0.416 e. The summed E-state index contributed by atoms with van der Waals surface area (Å²) in [7, 11) is 0. The Hall–Kier alpha value is -2.37. The molecule has 0 aliphatic carbocycles. The summed E-state index contributed by atoms with van der Waals surface area (Å²) >= 11 is 0. The minimum absolute atomic E-state index is 0.0773. The molecule has 6 heteroatoms. The molecule has 2 aromatic carbocycles. The topological polar surface area (TPSA) is 37.3 Å². The van der Waals surface area contributed by atoms with Crippen molar-refractivity contribution in [1.29, 1.82) is 0 Å². The number of carbonyl (C=O) groups is 1. The van der Waals surface area contributed by atoms with E-state index in [0.717, 1.165) is 30.3 Å². The van der Waals surface area contributed by atoms with E-state index in [2.05, 4.69) is 0 Å². The smallest absolute Gasteiger partial charge is 0.416 e. The van der Waals surface area contributed by atoms with Crippen LogP contribution >= 0.6 is 0 Å². The number of rotatable bonds is 2. The molecule has 0 bridgehead atoms. The molecule has 20 heavy (non-hydrogen) atoms. The lowest BCUT2D eigenvalue weighted by Crippen LogP contribution is -2.04. The van der Waals surface area contributed by atoms with Gasteiger partial charge in [-0.05, 0) is 41.5 Å². The molecule has 104 valence electrons. The fourth-order valence-corrected chi connectivity index (χ4v) is 1.75. The van der Waals surface area contributed by atoms with Crippen LogP contribution in [0.15, 0.2) is 42.5 Å². The third-order valence-corrected chi connectivity index (χ3v) is 2.67. The molecule has 0 heterocycles. The van der Waals surface area contributed by atoms with Gasteiger partial charge in [-0.1, -0.05) is 12.1 Å². The minimum Gasteiger partial charge on any atom is -0.478 e. The first kappa shape index (κ1) is 14.0. The molecule has 0 unspecified atom stereocenters. The SMILES string of the molecule is O=C(O)c1cc(F)cc(-c2cccc(C(F)(F)F)c2)c1. The van der Waals surface area contributed by atoms with Crippen LogP contribution in [-0.4, -0.2) is 11.1 Å². The third kappa shape index (κ3) is 2.96. The molecule has 0 saturated carbocycles. The van der Waals surface area contributed by atoms with E-state index >= 15 is 0 Å². The van der Waals surface area contributed by atoms with Crippen molar-refractivity contribution in [3.63, 3.8) is 0 Å². The maximum atomic E-state index is 13.3. The summed E-state index contributed by atoms with van der Waals surface area (Å²) in [6, 6.07) is 7.20. The van der Waals surface area contributed by atoms with Crippen LogP contribution in [0.1, 0.15) is 15.9 Å². The van der Waals surface area contributed by atoms with Gasteiger partial charge in [0.25, 0.3) is 0 Å². The Morgan fingerprint density at radius 1 is 1.00 bits per heavy atom. The average molecular weight is 284 g/mol. The molecule has 0 saturated heterocycles. The summed E-state index contributed by atoms with van der Waals surface area (Å²) in [5.74, 6) is -2.17. The monoisotopic (exact) mass is 284 g/mol. The molecule has 0 radical (unpaired) electrons. The van der Waals surface area contributed by atoms with Crippen molar-refractivity contribution in [3.05, 3.63) is 59.4 Å². The highest BCUT2D eigenvalue weighted by atomic mass is 19.4. The van der Waals surface area contributed by atoms with Crippen LogP contribution < -0.4 is 0 Å². The zero-order valence-electron chi connectivity index (χ0n) is 9.91. The van der Waals surface area contributed by atoms with Crippen molar-refractivity contribution in [2.75, 3.05) is 0 Å². The number of carboxylic acids is 1. The second-order valence-corrected chi connectivity index (χ2v) is 4.11. The number of carboxylic acid groups (broad SMARTS) is 1. The molecule has 1 N–H and O–H groups in total. The summed E-state index contributed by atoms with van der Waals surface area (Å²) < 4.78 is 51.1. The fraction of sp³-hybridized carbons (Fsp3) is 0.0714. The maximum absolute atomic E-state index is 13.3. The van der Waals surface area contributed by atoms with E-state index in [1.54, 1.807) is 0 Å². The summed E-state index contributed by atoms with van der Waals surface area (Å²) in [6.07, 6.45) is -4.51. The molecule has 0 spiro atoms. The number of aromatic carboxylic acids is 1. The Bertz CT molecular complexity index is 662. The Morgan fingerprint density at radius 3 is 2.30 bits per heavy atom. The molecule has 0 amide bonds. The minimum atomic E-state index is -4.51. The van der Waals surface area contributed by atoms with Gasteiger partial charge in [0.15, 0.2) is 0 Å². The van der Waals surface area contributed by atoms with E-state index in [4.69, 9.17) is 5.11 Å². The Morgan fingerprint density at radius 2 is 1.70 bits per heavy atom. The molecule has 0 atom stereocenters. The summed E-state index contributed by atoms with van der Waals surface area (Å²) in [5, 5.41) is 8.82. The normalized spacial score (nSPS) is 11.4. The van der Waals surface area contributed by atoms with Crippen LogP contribution in [0.25, 0.3) is 11.1 Å². The van der Waals surface area contributed by atoms with Gasteiger partial charge in [0, 0.05) is 0 Å². The van der Waals surface area contributed by atoms with Gasteiger partial charge < -0.3 is 5.11 Å². The molecular formula is C14H8F4O2. The second kappa shape index (κ2) is 4.96. The van der Waals surface area contributed by atoms with Gasteiger partial charge in [-0.25, -0.2) is 9.18 Å². The van der Waals surface area contributed by atoms with Crippen LogP contribution in [0, 0.1) is 5.82 Å². The lowest BCUT2D eigenvalue weighted by atomic mass is 10.0. The highest BCUT2D eigenvalue weighted by molar-refractivity contribution is 5.89. The summed E-state index contributed by atoms with van der Waals surface area (Å²) in [5.41, 5.74) is -1.02. The van der Waals surface area contributed by atoms with Gasteiger partial charge in [-0.2, -0.15) is 13.2 Å². The molecule has 2 rings (SSSR count). The third-order valence-electron chi connectivity index (χ3n) is 2.67. The quantitative estimate of drug-likeness (QED) is 0.839.